The Kier molecular flexibility index (Phi) is 6.59. The lowest BCUT2D eigenvalue weighted by Gasteiger charge is -2.26. The summed E-state index contributed by atoms with van der Waals surface area (Å²) in [7, 11) is 0. The summed E-state index contributed by atoms with van der Waals surface area (Å²) in [5.41, 5.74) is 3.25. The third-order valence-electron chi connectivity index (χ3n) is 4.86. The molecule has 136 valence electrons. The van der Waals surface area contributed by atoms with Gasteiger partial charge in [-0.2, -0.15) is 0 Å². The fourth-order valence-corrected chi connectivity index (χ4v) is 3.34. The highest BCUT2D eigenvalue weighted by Crippen LogP contribution is 2.28. The van der Waals surface area contributed by atoms with Gasteiger partial charge in [0.1, 0.15) is 12.4 Å². The molecule has 0 aromatic heterocycles. The Balaban J connectivity index is 1.61. The Morgan fingerprint density at radius 3 is 2.80 bits per heavy atom. The van der Waals surface area contributed by atoms with Gasteiger partial charge in [0.25, 0.3) is 0 Å². The second-order valence-corrected chi connectivity index (χ2v) is 6.78. The summed E-state index contributed by atoms with van der Waals surface area (Å²) in [5.74, 6) is 0.184. The van der Waals surface area contributed by atoms with Crippen molar-refractivity contribution in [3.63, 3.8) is 0 Å². The summed E-state index contributed by atoms with van der Waals surface area (Å²) in [6, 6.07) is 6.60. The highest BCUT2D eigenvalue weighted by Gasteiger charge is 2.21. The van der Waals surface area contributed by atoms with Crippen molar-refractivity contribution in [2.45, 2.75) is 26.2 Å². The molecule has 0 N–H and O–H groups in total. The summed E-state index contributed by atoms with van der Waals surface area (Å²) in [6.45, 7) is 7.21. The van der Waals surface area contributed by atoms with E-state index < -0.39 is 0 Å². The molecule has 2 fully saturated rings. The number of nitrogens with zero attached hydrogens (tertiary/aromatic N) is 2. The summed E-state index contributed by atoms with van der Waals surface area (Å²) < 4.78 is 18.4. The zero-order valence-corrected chi connectivity index (χ0v) is 14.9. The van der Waals surface area contributed by atoms with Gasteiger partial charge in [0.15, 0.2) is 0 Å². The summed E-state index contributed by atoms with van der Waals surface area (Å²) in [4.78, 5) is 7.97. The van der Waals surface area contributed by atoms with Crippen LogP contribution < -0.4 is 0 Å². The Morgan fingerprint density at radius 2 is 2.04 bits per heavy atom. The van der Waals surface area contributed by atoms with Crippen LogP contribution in [-0.2, 0) is 9.57 Å². The topological polar surface area (TPSA) is 34.1 Å². The second-order valence-electron chi connectivity index (χ2n) is 6.78. The van der Waals surface area contributed by atoms with Gasteiger partial charge >= 0.3 is 0 Å². The number of oxime groups is 1. The first-order valence-electron chi connectivity index (χ1n) is 9.19. The quantitative estimate of drug-likeness (QED) is 0.602. The molecular weight excluding hydrogens is 319 g/mol. The largest absolute Gasteiger partial charge is 0.394 e. The molecule has 2 aliphatic rings. The standard InChI is InChI=1S/C20H27FN2O2/c1-16-3-2-4-18(15-17-5-7-19(21)8-6-17)20(16)22-25-14-11-23-9-12-24-13-10-23/h5-8,15-16H,2-4,9-14H2,1H3/t16-/m0/s1. The fraction of sp³-hybridized carbons (Fsp3) is 0.550. The van der Waals surface area contributed by atoms with E-state index in [1.54, 1.807) is 12.1 Å². The minimum Gasteiger partial charge on any atom is -0.394 e. The predicted octanol–water partition coefficient (Wildman–Crippen LogP) is 3.73. The van der Waals surface area contributed by atoms with Gasteiger partial charge in [-0.25, -0.2) is 4.39 Å². The Hall–Kier alpha value is -1.72. The monoisotopic (exact) mass is 346 g/mol. The second kappa shape index (κ2) is 9.11. The number of benzene rings is 1. The van der Waals surface area contributed by atoms with Crippen LogP contribution in [0.25, 0.3) is 6.08 Å². The zero-order chi connectivity index (χ0) is 17.5. The number of ether oxygens (including phenoxy) is 1. The molecule has 1 saturated carbocycles. The van der Waals surface area contributed by atoms with Crippen molar-refractivity contribution >= 4 is 11.8 Å². The van der Waals surface area contributed by atoms with E-state index in [0.29, 0.717) is 12.5 Å². The van der Waals surface area contributed by atoms with Crippen molar-refractivity contribution in [2.75, 3.05) is 39.5 Å². The van der Waals surface area contributed by atoms with E-state index in [-0.39, 0.29) is 5.82 Å². The van der Waals surface area contributed by atoms with Gasteiger partial charge in [-0.1, -0.05) is 24.2 Å². The van der Waals surface area contributed by atoms with E-state index in [0.717, 1.165) is 63.4 Å². The average molecular weight is 346 g/mol. The van der Waals surface area contributed by atoms with Gasteiger partial charge in [-0.05, 0) is 48.6 Å². The van der Waals surface area contributed by atoms with Crippen molar-refractivity contribution in [1.29, 1.82) is 0 Å². The molecule has 0 amide bonds. The molecule has 0 unspecified atom stereocenters. The third kappa shape index (κ3) is 5.38. The van der Waals surface area contributed by atoms with Crippen LogP contribution in [0.4, 0.5) is 4.39 Å². The lowest BCUT2D eigenvalue weighted by molar-refractivity contribution is 0.0210. The van der Waals surface area contributed by atoms with Crippen LogP contribution in [0, 0.1) is 11.7 Å². The molecule has 25 heavy (non-hydrogen) atoms. The van der Waals surface area contributed by atoms with Crippen LogP contribution in [0.5, 0.6) is 0 Å². The molecule has 0 radical (unpaired) electrons. The first-order chi connectivity index (χ1) is 12.2. The van der Waals surface area contributed by atoms with Crippen LogP contribution >= 0.6 is 0 Å². The van der Waals surface area contributed by atoms with Crippen molar-refractivity contribution in [3.05, 3.63) is 41.2 Å². The average Bonchev–Trinajstić information content (AvgIpc) is 2.63. The highest BCUT2D eigenvalue weighted by atomic mass is 19.1. The molecule has 1 aromatic carbocycles. The van der Waals surface area contributed by atoms with Gasteiger partial charge in [0.05, 0.1) is 18.9 Å². The van der Waals surface area contributed by atoms with Crippen LogP contribution in [0.15, 0.2) is 35.0 Å². The van der Waals surface area contributed by atoms with Crippen molar-refractivity contribution < 1.29 is 14.0 Å². The van der Waals surface area contributed by atoms with E-state index >= 15 is 0 Å². The number of hydrogen-bond acceptors (Lipinski definition) is 4. The van der Waals surface area contributed by atoms with Crippen LogP contribution in [0.2, 0.25) is 0 Å². The minimum absolute atomic E-state index is 0.209. The lowest BCUT2D eigenvalue weighted by atomic mass is 9.84. The van der Waals surface area contributed by atoms with Crippen LogP contribution in [-0.4, -0.2) is 50.1 Å². The molecule has 1 atom stereocenters. The van der Waals surface area contributed by atoms with E-state index in [9.17, 15) is 4.39 Å². The number of halogens is 1. The van der Waals surface area contributed by atoms with E-state index in [1.165, 1.54) is 17.7 Å². The van der Waals surface area contributed by atoms with Gasteiger partial charge in [-0.3, -0.25) is 4.90 Å². The molecule has 1 aliphatic carbocycles. The van der Waals surface area contributed by atoms with E-state index in [2.05, 4.69) is 23.1 Å². The molecule has 0 spiro atoms. The number of allylic oxidation sites excluding steroid dienone is 1. The molecular formula is C20H27FN2O2. The summed E-state index contributed by atoms with van der Waals surface area (Å²) in [5, 5.41) is 4.46. The highest BCUT2D eigenvalue weighted by molar-refractivity contribution is 6.05. The molecule has 3 rings (SSSR count). The molecule has 1 saturated heterocycles. The molecule has 1 aromatic rings. The minimum atomic E-state index is -0.209. The first-order valence-corrected chi connectivity index (χ1v) is 9.19. The van der Waals surface area contributed by atoms with Gasteiger partial charge < -0.3 is 9.57 Å². The van der Waals surface area contributed by atoms with Gasteiger partial charge in [-0.15, -0.1) is 0 Å². The molecule has 1 heterocycles. The molecule has 4 nitrogen and oxygen atoms in total. The maximum Gasteiger partial charge on any atom is 0.129 e. The van der Waals surface area contributed by atoms with Crippen LogP contribution in [0.1, 0.15) is 31.7 Å². The SMILES string of the molecule is C[C@H]1CCCC(=Cc2ccc(F)cc2)C1=NOCCN1CCOCC1. The molecule has 5 heteroatoms. The summed E-state index contributed by atoms with van der Waals surface area (Å²) >= 11 is 0. The molecule has 0 bridgehead atoms. The number of morpholine rings is 1. The Bertz CT molecular complexity index is 607. The number of hydrogen-bond donors (Lipinski definition) is 0. The predicted molar refractivity (Wildman–Crippen MR) is 98.0 cm³/mol. The molecule has 1 aliphatic heterocycles. The Morgan fingerprint density at radius 1 is 1.28 bits per heavy atom. The van der Waals surface area contributed by atoms with Crippen LogP contribution in [0.3, 0.4) is 0 Å². The Labute approximate surface area is 149 Å². The smallest absolute Gasteiger partial charge is 0.129 e. The maximum absolute atomic E-state index is 13.1. The number of rotatable bonds is 5. The van der Waals surface area contributed by atoms with Gasteiger partial charge in [0.2, 0.25) is 0 Å². The lowest BCUT2D eigenvalue weighted by Crippen LogP contribution is -2.38. The maximum atomic E-state index is 13.1. The fourth-order valence-electron chi connectivity index (χ4n) is 3.34. The van der Waals surface area contributed by atoms with Crippen molar-refractivity contribution in [1.82, 2.24) is 4.90 Å². The van der Waals surface area contributed by atoms with E-state index in [1.807, 2.05) is 0 Å². The zero-order valence-electron chi connectivity index (χ0n) is 14.9. The third-order valence-corrected chi connectivity index (χ3v) is 4.86. The van der Waals surface area contributed by atoms with Crippen molar-refractivity contribution in [3.8, 4) is 0 Å². The summed E-state index contributed by atoms with van der Waals surface area (Å²) in [6.07, 6.45) is 5.39. The van der Waals surface area contributed by atoms with Gasteiger partial charge in [0, 0.05) is 25.6 Å². The van der Waals surface area contributed by atoms with E-state index in [4.69, 9.17) is 9.57 Å². The normalized spacial score (nSPS) is 25.4. The van der Waals surface area contributed by atoms with Crippen molar-refractivity contribution in [2.24, 2.45) is 11.1 Å². The first kappa shape index (κ1) is 18.1.